The minimum Gasteiger partial charge on any atom is -1.00 e. The summed E-state index contributed by atoms with van der Waals surface area (Å²) in [6, 6.07) is 9.14. The van der Waals surface area contributed by atoms with E-state index in [4.69, 9.17) is 0 Å². The van der Waals surface area contributed by atoms with Gasteiger partial charge in [0.05, 0.1) is 6.20 Å². The number of fused-ring (bicyclic) bond motifs is 2. The molecule has 0 unspecified atom stereocenters. The number of nitrogens with one attached hydrogen (secondary N) is 2. The Kier molecular flexibility index (Phi) is 6.60. The Morgan fingerprint density at radius 2 is 1.94 bits per heavy atom. The van der Waals surface area contributed by atoms with Gasteiger partial charge in [0.1, 0.15) is 9.73 Å². The molecule has 12 heteroatoms. The summed E-state index contributed by atoms with van der Waals surface area (Å²) in [5, 5.41) is 1.52. The largest absolute Gasteiger partial charge is 1.00 e. The van der Waals surface area contributed by atoms with Crippen molar-refractivity contribution >= 4 is 64.3 Å². The first kappa shape index (κ1) is 23.5. The normalized spacial score (nSPS) is 15.2. The highest BCUT2D eigenvalue weighted by Gasteiger charge is 2.33. The zero-order valence-electron chi connectivity index (χ0n) is 16.9. The molecule has 0 atom stereocenters. The Labute approximate surface area is 214 Å². The van der Waals surface area contributed by atoms with E-state index in [2.05, 4.69) is 30.9 Å². The fourth-order valence-electron chi connectivity index (χ4n) is 3.71. The molecule has 4 aromatic rings. The number of carbonyl (C=O) groups excluding carboxylic acids is 1. The molecular formula is C20H19BrIN5O3S2. The van der Waals surface area contributed by atoms with Gasteiger partial charge in [-0.2, -0.15) is 9.29 Å². The third kappa shape index (κ3) is 4.30. The molecule has 0 bridgehead atoms. The monoisotopic (exact) mass is 647 g/mol. The molecule has 32 heavy (non-hydrogen) atoms. The Hall–Kier alpha value is -1.61. The minimum absolute atomic E-state index is 0. The highest BCUT2D eigenvalue weighted by molar-refractivity contribution is 9.10. The molecule has 3 aromatic heterocycles. The standard InChI is InChI=1S/C20H18BrN5O3S2.HI/c1-12-8-16-17(11-22-12)30-19(24-16)20(27)25-4-6-26(7-5-25)31(28,29)18-10-13-9-14(21)2-3-15(13)23-18;/h2-3,8-11,23H,4-7H2,1H3;1H. The van der Waals surface area contributed by atoms with Crippen LogP contribution < -0.4 is 29.0 Å². The summed E-state index contributed by atoms with van der Waals surface area (Å²) in [5.41, 5.74) is 2.52. The first-order valence-electron chi connectivity index (χ1n) is 9.67. The predicted octanol–water partition coefficient (Wildman–Crippen LogP) is -0.187. The van der Waals surface area contributed by atoms with E-state index in [-0.39, 0.29) is 48.0 Å². The fourth-order valence-corrected chi connectivity index (χ4v) is 6.45. The van der Waals surface area contributed by atoms with Gasteiger partial charge in [-0.1, -0.05) is 27.3 Å². The van der Waals surface area contributed by atoms with Crippen molar-refractivity contribution in [1.29, 1.82) is 0 Å². The molecule has 8 nitrogen and oxygen atoms in total. The molecule has 4 heterocycles. The molecule has 1 amide bonds. The second kappa shape index (κ2) is 8.97. The van der Waals surface area contributed by atoms with Gasteiger partial charge in [0, 0.05) is 53.3 Å². The fraction of sp³-hybridized carbons (Fsp3) is 0.250. The zero-order valence-corrected chi connectivity index (χ0v) is 22.3. The van der Waals surface area contributed by atoms with Crippen LogP contribution in [0.5, 0.6) is 0 Å². The summed E-state index contributed by atoms with van der Waals surface area (Å²) in [4.78, 5) is 25.1. The highest BCUT2D eigenvalue weighted by Crippen LogP contribution is 2.26. The molecule has 1 aliphatic heterocycles. The number of hydrogen-bond acceptors (Lipinski definition) is 5. The van der Waals surface area contributed by atoms with Crippen molar-refractivity contribution in [1.82, 2.24) is 19.2 Å². The van der Waals surface area contributed by atoms with E-state index in [1.807, 2.05) is 31.2 Å². The molecule has 1 fully saturated rings. The number of benzene rings is 1. The Bertz CT molecular complexity index is 1430. The molecular weight excluding hydrogens is 629 g/mol. The van der Waals surface area contributed by atoms with E-state index in [0.717, 1.165) is 31.3 Å². The number of pyridine rings is 1. The maximum Gasteiger partial charge on any atom is 0.330 e. The number of carbonyl (C=O) groups is 1. The second-order valence-corrected chi connectivity index (χ2v) is 11.3. The number of amides is 1. The lowest BCUT2D eigenvalue weighted by atomic mass is 10.3. The van der Waals surface area contributed by atoms with Crippen molar-refractivity contribution in [2.24, 2.45) is 0 Å². The third-order valence-electron chi connectivity index (χ3n) is 5.36. The van der Waals surface area contributed by atoms with E-state index >= 15 is 0 Å². The number of aromatic amines is 2. The summed E-state index contributed by atoms with van der Waals surface area (Å²) in [5.74, 6) is -0.119. The van der Waals surface area contributed by atoms with Crippen LogP contribution in [0.2, 0.25) is 0 Å². The van der Waals surface area contributed by atoms with Crippen LogP contribution in [0.1, 0.15) is 15.5 Å². The van der Waals surface area contributed by atoms with Crippen LogP contribution in [-0.4, -0.2) is 59.7 Å². The number of nitrogens with zero attached hydrogens (tertiary/aromatic N) is 3. The SMILES string of the molecule is Cc1cc2[nH+]c(C(=O)N3CCN(S(=O)(=O)c4cc5cc(Br)ccc5[nH]4)CC3)sc2cn1.[I-]. The first-order valence-corrected chi connectivity index (χ1v) is 12.7. The molecule has 1 saturated heterocycles. The number of aromatic nitrogens is 3. The lowest BCUT2D eigenvalue weighted by Gasteiger charge is -2.32. The van der Waals surface area contributed by atoms with Crippen molar-refractivity contribution in [3.63, 3.8) is 0 Å². The summed E-state index contributed by atoms with van der Waals surface area (Å²) < 4.78 is 29.4. The molecule has 2 N–H and O–H groups in total. The van der Waals surface area contributed by atoms with Crippen LogP contribution in [0.25, 0.3) is 21.1 Å². The molecule has 0 spiro atoms. The van der Waals surface area contributed by atoms with Crippen LogP contribution in [-0.2, 0) is 10.0 Å². The smallest absolute Gasteiger partial charge is 0.330 e. The van der Waals surface area contributed by atoms with Gasteiger partial charge in [-0.3, -0.25) is 9.78 Å². The molecule has 0 aliphatic carbocycles. The number of sulfonamides is 1. The number of thiazole rings is 1. The summed E-state index contributed by atoms with van der Waals surface area (Å²) >= 11 is 4.77. The van der Waals surface area contributed by atoms with Gasteiger partial charge in [-0.05, 0) is 31.2 Å². The highest BCUT2D eigenvalue weighted by atomic mass is 127. The van der Waals surface area contributed by atoms with Gasteiger partial charge in [0.15, 0.2) is 0 Å². The number of piperazine rings is 1. The van der Waals surface area contributed by atoms with E-state index in [0.29, 0.717) is 18.1 Å². The molecule has 0 radical (unpaired) electrons. The summed E-state index contributed by atoms with van der Waals surface area (Å²) in [6.07, 6.45) is 1.76. The number of aryl methyl sites for hydroxylation is 1. The molecule has 1 aromatic carbocycles. The quantitative estimate of drug-likeness (QED) is 0.312. The third-order valence-corrected chi connectivity index (χ3v) is 8.70. The Morgan fingerprint density at radius 3 is 2.69 bits per heavy atom. The maximum absolute atomic E-state index is 13.1. The van der Waals surface area contributed by atoms with Gasteiger partial charge in [0.2, 0.25) is 5.52 Å². The van der Waals surface area contributed by atoms with Crippen LogP contribution >= 0.6 is 27.3 Å². The van der Waals surface area contributed by atoms with Crippen molar-refractivity contribution < 1.29 is 42.2 Å². The van der Waals surface area contributed by atoms with Crippen molar-refractivity contribution in [3.8, 4) is 0 Å². The molecule has 5 rings (SSSR count). The van der Waals surface area contributed by atoms with E-state index in [1.54, 1.807) is 17.2 Å². The van der Waals surface area contributed by atoms with Gasteiger partial charge in [-0.15, -0.1) is 0 Å². The molecule has 1 aliphatic rings. The maximum atomic E-state index is 13.1. The minimum atomic E-state index is -3.66. The lowest BCUT2D eigenvalue weighted by molar-refractivity contribution is -0.343. The first-order chi connectivity index (χ1) is 14.8. The summed E-state index contributed by atoms with van der Waals surface area (Å²) in [7, 11) is -3.66. The number of halogens is 2. The van der Waals surface area contributed by atoms with Gasteiger partial charge < -0.3 is 33.9 Å². The van der Waals surface area contributed by atoms with E-state index in [9.17, 15) is 13.2 Å². The van der Waals surface area contributed by atoms with Crippen LogP contribution in [0.4, 0.5) is 0 Å². The van der Waals surface area contributed by atoms with Crippen LogP contribution in [0.3, 0.4) is 0 Å². The van der Waals surface area contributed by atoms with E-state index in [1.165, 1.54) is 15.6 Å². The Balaban J connectivity index is 0.00000245. The van der Waals surface area contributed by atoms with Gasteiger partial charge in [0.25, 0.3) is 10.0 Å². The number of hydrogen-bond donors (Lipinski definition) is 1. The lowest BCUT2D eigenvalue weighted by Crippen LogP contribution is -3.00. The summed E-state index contributed by atoms with van der Waals surface area (Å²) in [6.45, 7) is 3.07. The van der Waals surface area contributed by atoms with Gasteiger partial charge >= 0.3 is 10.9 Å². The van der Waals surface area contributed by atoms with Crippen LogP contribution in [0.15, 0.2) is 46.0 Å². The van der Waals surface area contributed by atoms with Crippen molar-refractivity contribution in [3.05, 3.63) is 51.7 Å². The molecule has 168 valence electrons. The topological polar surface area (TPSA) is 101 Å². The average Bonchev–Trinajstić information content (AvgIpc) is 3.37. The second-order valence-electron chi connectivity index (χ2n) is 7.44. The number of H-pyrrole nitrogens is 2. The molecule has 0 saturated carbocycles. The number of rotatable bonds is 3. The average molecular weight is 648 g/mol. The van der Waals surface area contributed by atoms with Gasteiger partial charge in [-0.25, -0.2) is 8.42 Å². The predicted molar refractivity (Wildman–Crippen MR) is 122 cm³/mol. The van der Waals surface area contributed by atoms with Crippen molar-refractivity contribution in [2.75, 3.05) is 26.2 Å². The Morgan fingerprint density at radius 1 is 1.19 bits per heavy atom. The van der Waals surface area contributed by atoms with Crippen molar-refractivity contribution in [2.45, 2.75) is 11.9 Å². The zero-order chi connectivity index (χ0) is 21.8. The van der Waals surface area contributed by atoms with E-state index < -0.39 is 10.0 Å². The van der Waals surface area contributed by atoms with Crippen LogP contribution in [0, 0.1) is 6.92 Å².